The third-order valence-electron chi connectivity index (χ3n) is 3.48. The Morgan fingerprint density at radius 1 is 1.50 bits per heavy atom. The monoisotopic (exact) mass is 268 g/mol. The lowest BCUT2D eigenvalue weighted by Crippen LogP contribution is -2.40. The van der Waals surface area contributed by atoms with Crippen LogP contribution in [0.4, 0.5) is 0 Å². The molecule has 5 nitrogen and oxygen atoms in total. The van der Waals surface area contributed by atoms with Crippen molar-refractivity contribution >= 4 is 17.4 Å². The molecule has 18 heavy (non-hydrogen) atoms. The minimum Gasteiger partial charge on any atom is -0.338 e. The quantitative estimate of drug-likeness (QED) is 0.890. The van der Waals surface area contributed by atoms with Gasteiger partial charge in [0.25, 0.3) is 5.91 Å². The molecule has 0 radical (unpaired) electrons. The van der Waals surface area contributed by atoms with Gasteiger partial charge in [0.05, 0.1) is 5.69 Å². The predicted octanol–water partition coefficient (Wildman–Crippen LogP) is 1.17. The van der Waals surface area contributed by atoms with Crippen LogP contribution in [-0.2, 0) is 6.42 Å². The Hall–Kier alpha value is -1.01. The number of aromatic nitrogens is 2. The highest BCUT2D eigenvalue weighted by molar-refractivity contribution is 7.08. The number of carbonyl (C=O) groups is 1. The molecule has 1 N–H and O–H groups in total. The summed E-state index contributed by atoms with van der Waals surface area (Å²) in [5.74, 6) is 0.814. The molecule has 0 aromatic carbocycles. The average molecular weight is 268 g/mol. The number of nitrogens with zero attached hydrogens (tertiary/aromatic N) is 3. The van der Waals surface area contributed by atoms with E-state index in [2.05, 4.69) is 14.9 Å². The Labute approximate surface area is 112 Å². The van der Waals surface area contributed by atoms with Gasteiger partial charge < -0.3 is 10.2 Å². The molecular weight excluding hydrogens is 248 g/mol. The van der Waals surface area contributed by atoms with Crippen LogP contribution in [0.2, 0.25) is 0 Å². The van der Waals surface area contributed by atoms with Crippen molar-refractivity contribution in [2.75, 3.05) is 26.7 Å². The number of nitrogens with one attached hydrogen (secondary N) is 1. The van der Waals surface area contributed by atoms with Gasteiger partial charge in [0.1, 0.15) is 4.88 Å². The molecule has 1 aliphatic rings. The Balaban J connectivity index is 1.95. The number of likely N-dealkylation sites (tertiary alicyclic amines) is 1. The van der Waals surface area contributed by atoms with Crippen LogP contribution in [0.3, 0.4) is 0 Å². The Kier molecular flexibility index (Phi) is 4.66. The van der Waals surface area contributed by atoms with Crippen molar-refractivity contribution in [2.24, 2.45) is 5.92 Å². The summed E-state index contributed by atoms with van der Waals surface area (Å²) in [6.07, 6.45) is 2.94. The highest BCUT2D eigenvalue weighted by Crippen LogP contribution is 2.21. The number of hydrogen-bond donors (Lipinski definition) is 1. The Morgan fingerprint density at radius 3 is 2.83 bits per heavy atom. The van der Waals surface area contributed by atoms with E-state index in [9.17, 15) is 4.79 Å². The molecule has 6 heteroatoms. The largest absolute Gasteiger partial charge is 0.338 e. The highest BCUT2D eigenvalue weighted by atomic mass is 32.1. The maximum atomic E-state index is 12.3. The molecule has 0 aliphatic carbocycles. The van der Waals surface area contributed by atoms with E-state index < -0.39 is 0 Å². The van der Waals surface area contributed by atoms with Crippen LogP contribution in [0.1, 0.15) is 35.1 Å². The smallest absolute Gasteiger partial charge is 0.267 e. The summed E-state index contributed by atoms with van der Waals surface area (Å²) in [5.41, 5.74) is 0.836. The first-order valence-electron chi connectivity index (χ1n) is 6.51. The third-order valence-corrected chi connectivity index (χ3v) is 4.24. The summed E-state index contributed by atoms with van der Waals surface area (Å²) < 4.78 is 3.89. The summed E-state index contributed by atoms with van der Waals surface area (Å²) in [4.78, 5) is 15.0. The van der Waals surface area contributed by atoms with Crippen LogP contribution in [0.15, 0.2) is 0 Å². The second kappa shape index (κ2) is 6.24. The maximum Gasteiger partial charge on any atom is 0.267 e. The lowest BCUT2D eigenvalue weighted by Gasteiger charge is -2.31. The first-order chi connectivity index (χ1) is 8.76. The van der Waals surface area contributed by atoms with E-state index in [0.717, 1.165) is 49.5 Å². The Bertz CT molecular complexity index is 399. The number of rotatable bonds is 4. The number of carbonyl (C=O) groups excluding carboxylic acids is 1. The minimum atomic E-state index is 0.116. The molecule has 0 bridgehead atoms. The fraction of sp³-hybridized carbons (Fsp3) is 0.750. The predicted molar refractivity (Wildman–Crippen MR) is 71.8 cm³/mol. The summed E-state index contributed by atoms with van der Waals surface area (Å²) in [6, 6.07) is 0. The molecule has 1 aliphatic heterocycles. The van der Waals surface area contributed by atoms with E-state index >= 15 is 0 Å². The third kappa shape index (κ3) is 2.87. The van der Waals surface area contributed by atoms with Crippen LogP contribution < -0.4 is 5.32 Å². The average Bonchev–Trinajstić information content (AvgIpc) is 2.87. The SMILES string of the molecule is CCc1nnsc1C(=O)N1CCC(CNC)CC1. The van der Waals surface area contributed by atoms with Crippen molar-refractivity contribution in [3.63, 3.8) is 0 Å². The van der Waals surface area contributed by atoms with Crippen LogP contribution in [-0.4, -0.2) is 47.1 Å². The molecule has 1 fully saturated rings. The van der Waals surface area contributed by atoms with Gasteiger partial charge in [0, 0.05) is 13.1 Å². The standard InChI is InChI=1S/C12H20N4OS/c1-3-10-11(18-15-14-10)12(17)16-6-4-9(5-7-16)8-13-2/h9,13H,3-8H2,1-2H3. The van der Waals surface area contributed by atoms with Gasteiger partial charge in [-0.1, -0.05) is 11.4 Å². The molecule has 100 valence electrons. The van der Waals surface area contributed by atoms with Crippen LogP contribution in [0, 0.1) is 5.92 Å². The molecule has 1 amide bonds. The Morgan fingerprint density at radius 2 is 2.22 bits per heavy atom. The normalized spacial score (nSPS) is 17.1. The zero-order valence-electron chi connectivity index (χ0n) is 11.0. The second-order valence-corrected chi connectivity index (χ2v) is 5.45. The molecule has 0 atom stereocenters. The topological polar surface area (TPSA) is 58.1 Å². The molecule has 0 saturated carbocycles. The first-order valence-corrected chi connectivity index (χ1v) is 7.28. The van der Waals surface area contributed by atoms with Gasteiger partial charge >= 0.3 is 0 Å². The van der Waals surface area contributed by atoms with Crippen molar-refractivity contribution in [1.82, 2.24) is 19.8 Å². The van der Waals surface area contributed by atoms with E-state index in [-0.39, 0.29) is 5.91 Å². The van der Waals surface area contributed by atoms with E-state index in [1.165, 1.54) is 11.5 Å². The fourth-order valence-electron chi connectivity index (χ4n) is 2.37. The summed E-state index contributed by atoms with van der Waals surface area (Å²) in [7, 11) is 1.98. The van der Waals surface area contributed by atoms with Crippen molar-refractivity contribution in [3.05, 3.63) is 10.6 Å². The zero-order valence-corrected chi connectivity index (χ0v) is 11.8. The molecule has 0 unspecified atom stereocenters. The highest BCUT2D eigenvalue weighted by Gasteiger charge is 2.26. The van der Waals surface area contributed by atoms with Crippen molar-refractivity contribution < 1.29 is 4.79 Å². The van der Waals surface area contributed by atoms with Gasteiger partial charge in [-0.15, -0.1) is 5.10 Å². The van der Waals surface area contributed by atoms with Crippen molar-refractivity contribution in [1.29, 1.82) is 0 Å². The fourth-order valence-corrected chi connectivity index (χ4v) is 3.09. The number of amides is 1. The number of aryl methyl sites for hydroxylation is 1. The molecule has 2 heterocycles. The maximum absolute atomic E-state index is 12.3. The summed E-state index contributed by atoms with van der Waals surface area (Å²) >= 11 is 1.22. The zero-order chi connectivity index (χ0) is 13.0. The summed E-state index contributed by atoms with van der Waals surface area (Å²) in [6.45, 7) is 4.76. The van der Waals surface area contributed by atoms with Crippen molar-refractivity contribution in [2.45, 2.75) is 26.2 Å². The first kappa shape index (κ1) is 13.4. The lowest BCUT2D eigenvalue weighted by molar-refractivity contribution is 0.0694. The molecule has 1 aromatic rings. The van der Waals surface area contributed by atoms with E-state index in [1.807, 2.05) is 18.9 Å². The van der Waals surface area contributed by atoms with Gasteiger partial charge in [-0.2, -0.15) is 0 Å². The van der Waals surface area contributed by atoms with Crippen LogP contribution >= 0.6 is 11.5 Å². The van der Waals surface area contributed by atoms with Crippen LogP contribution in [0.5, 0.6) is 0 Å². The molecule has 0 spiro atoms. The van der Waals surface area contributed by atoms with E-state index in [0.29, 0.717) is 5.92 Å². The number of hydrogen-bond acceptors (Lipinski definition) is 5. The van der Waals surface area contributed by atoms with Gasteiger partial charge in [-0.05, 0) is 50.3 Å². The minimum absolute atomic E-state index is 0.116. The summed E-state index contributed by atoms with van der Waals surface area (Å²) in [5, 5.41) is 7.21. The molecule has 1 saturated heterocycles. The van der Waals surface area contributed by atoms with Gasteiger partial charge in [-0.3, -0.25) is 4.79 Å². The van der Waals surface area contributed by atoms with Gasteiger partial charge in [0.15, 0.2) is 0 Å². The van der Waals surface area contributed by atoms with Gasteiger partial charge in [0.2, 0.25) is 0 Å². The van der Waals surface area contributed by atoms with E-state index in [4.69, 9.17) is 0 Å². The second-order valence-electron chi connectivity index (χ2n) is 4.70. The lowest BCUT2D eigenvalue weighted by atomic mass is 9.96. The number of piperidine rings is 1. The van der Waals surface area contributed by atoms with E-state index in [1.54, 1.807) is 0 Å². The van der Waals surface area contributed by atoms with Crippen LogP contribution in [0.25, 0.3) is 0 Å². The van der Waals surface area contributed by atoms with Gasteiger partial charge in [-0.25, -0.2) is 0 Å². The molecule has 2 rings (SSSR count). The van der Waals surface area contributed by atoms with Crippen molar-refractivity contribution in [3.8, 4) is 0 Å². The molecule has 1 aromatic heterocycles. The molecular formula is C12H20N4OS.